The van der Waals surface area contributed by atoms with Gasteiger partial charge in [-0.1, -0.05) is 35.9 Å². The zero-order valence-electron chi connectivity index (χ0n) is 15.8. The standard InChI is InChI=1S/C20H18ClN3O4S2/c1-12-10-17(24-19(25)15-4-2-3-5-16(15)21)29-18(12)20(26)23-14-8-6-13(7-9-14)11-30(22,27)28/h2-10H,11H2,1H3,(H,23,26)(H,24,25)(H2,22,27,28). The van der Waals surface area contributed by atoms with Gasteiger partial charge in [0.2, 0.25) is 10.0 Å². The van der Waals surface area contributed by atoms with Crippen LogP contribution in [-0.2, 0) is 15.8 Å². The van der Waals surface area contributed by atoms with Gasteiger partial charge in [0, 0.05) is 5.69 Å². The van der Waals surface area contributed by atoms with E-state index >= 15 is 0 Å². The van der Waals surface area contributed by atoms with E-state index in [1.807, 2.05) is 0 Å². The van der Waals surface area contributed by atoms with E-state index in [9.17, 15) is 18.0 Å². The van der Waals surface area contributed by atoms with E-state index in [1.165, 1.54) is 0 Å². The van der Waals surface area contributed by atoms with Gasteiger partial charge in [0.25, 0.3) is 11.8 Å². The van der Waals surface area contributed by atoms with E-state index in [0.29, 0.717) is 37.3 Å². The largest absolute Gasteiger partial charge is 0.321 e. The molecule has 4 N–H and O–H groups in total. The van der Waals surface area contributed by atoms with Crippen LogP contribution in [0.1, 0.15) is 31.2 Å². The van der Waals surface area contributed by atoms with Crippen LogP contribution in [0.25, 0.3) is 0 Å². The number of primary sulfonamides is 1. The first-order valence-electron chi connectivity index (χ1n) is 8.69. The summed E-state index contributed by atoms with van der Waals surface area (Å²) < 4.78 is 22.3. The van der Waals surface area contributed by atoms with Crippen molar-refractivity contribution in [3.05, 3.63) is 81.2 Å². The maximum absolute atomic E-state index is 12.6. The van der Waals surface area contributed by atoms with Crippen LogP contribution >= 0.6 is 22.9 Å². The first kappa shape index (κ1) is 22.0. The molecule has 1 heterocycles. The molecule has 0 radical (unpaired) electrons. The zero-order valence-corrected chi connectivity index (χ0v) is 18.2. The summed E-state index contributed by atoms with van der Waals surface area (Å²) in [5.41, 5.74) is 2.08. The summed E-state index contributed by atoms with van der Waals surface area (Å²) in [6, 6.07) is 14.8. The molecule has 7 nitrogen and oxygen atoms in total. The molecule has 0 aliphatic heterocycles. The number of carbonyl (C=O) groups is 2. The van der Waals surface area contributed by atoms with Crippen molar-refractivity contribution >= 4 is 55.5 Å². The van der Waals surface area contributed by atoms with E-state index in [-0.39, 0.29) is 17.6 Å². The molecular formula is C20H18ClN3O4S2. The first-order chi connectivity index (χ1) is 14.1. The van der Waals surface area contributed by atoms with Crippen molar-refractivity contribution in [2.45, 2.75) is 12.7 Å². The van der Waals surface area contributed by atoms with Crippen molar-refractivity contribution in [1.82, 2.24) is 0 Å². The van der Waals surface area contributed by atoms with Gasteiger partial charge >= 0.3 is 0 Å². The maximum Gasteiger partial charge on any atom is 0.266 e. The van der Waals surface area contributed by atoms with Gasteiger partial charge in [-0.05, 0) is 48.4 Å². The summed E-state index contributed by atoms with van der Waals surface area (Å²) in [6.07, 6.45) is 0. The average molecular weight is 464 g/mol. The molecule has 156 valence electrons. The second-order valence-corrected chi connectivity index (χ2v) is 9.59. The number of amides is 2. The van der Waals surface area contributed by atoms with Gasteiger partial charge in [-0.15, -0.1) is 11.3 Å². The molecule has 10 heteroatoms. The van der Waals surface area contributed by atoms with Crippen LogP contribution in [0.2, 0.25) is 5.02 Å². The van der Waals surface area contributed by atoms with Crippen molar-refractivity contribution < 1.29 is 18.0 Å². The van der Waals surface area contributed by atoms with Crippen molar-refractivity contribution in [2.75, 3.05) is 10.6 Å². The normalized spacial score (nSPS) is 11.2. The van der Waals surface area contributed by atoms with Crippen molar-refractivity contribution in [2.24, 2.45) is 5.14 Å². The highest BCUT2D eigenvalue weighted by Crippen LogP contribution is 2.28. The minimum atomic E-state index is -3.62. The SMILES string of the molecule is Cc1cc(NC(=O)c2ccccc2Cl)sc1C(=O)Nc1ccc(CS(N)(=O)=O)cc1. The average Bonchev–Trinajstić information content (AvgIpc) is 3.02. The summed E-state index contributed by atoms with van der Waals surface area (Å²) in [6.45, 7) is 1.77. The summed E-state index contributed by atoms with van der Waals surface area (Å²) in [5.74, 6) is -0.978. The van der Waals surface area contributed by atoms with Crippen LogP contribution in [0, 0.1) is 6.92 Å². The second-order valence-electron chi connectivity index (χ2n) is 6.52. The molecule has 0 fully saturated rings. The van der Waals surface area contributed by atoms with Gasteiger partial charge < -0.3 is 10.6 Å². The van der Waals surface area contributed by atoms with Crippen LogP contribution < -0.4 is 15.8 Å². The fraction of sp³-hybridized carbons (Fsp3) is 0.100. The Kier molecular flexibility index (Phi) is 6.57. The third-order valence-corrected chi connectivity index (χ3v) is 6.28. The van der Waals surface area contributed by atoms with E-state index in [2.05, 4.69) is 10.6 Å². The molecule has 2 amide bonds. The second kappa shape index (κ2) is 8.97. The monoisotopic (exact) mass is 463 g/mol. The van der Waals surface area contributed by atoms with Crippen molar-refractivity contribution in [3.8, 4) is 0 Å². The molecular weight excluding hydrogens is 446 g/mol. The number of carbonyl (C=O) groups excluding carboxylic acids is 2. The van der Waals surface area contributed by atoms with E-state index in [1.54, 1.807) is 61.5 Å². The van der Waals surface area contributed by atoms with E-state index in [0.717, 1.165) is 11.3 Å². The number of nitrogens with one attached hydrogen (secondary N) is 2. The molecule has 0 atom stereocenters. The Morgan fingerprint density at radius 2 is 1.70 bits per heavy atom. The summed E-state index contributed by atoms with van der Waals surface area (Å²) >= 11 is 7.19. The minimum Gasteiger partial charge on any atom is -0.321 e. The number of thiophene rings is 1. The summed E-state index contributed by atoms with van der Waals surface area (Å²) in [7, 11) is -3.62. The molecule has 0 aliphatic rings. The van der Waals surface area contributed by atoms with Gasteiger partial charge in [-0.25, -0.2) is 13.6 Å². The summed E-state index contributed by atoms with van der Waals surface area (Å²) in [4.78, 5) is 25.5. The predicted octanol–water partition coefficient (Wildman–Crippen LogP) is 4.00. The predicted molar refractivity (Wildman–Crippen MR) is 120 cm³/mol. The van der Waals surface area contributed by atoms with E-state index in [4.69, 9.17) is 16.7 Å². The Hall–Kier alpha value is -2.72. The number of hydrogen-bond donors (Lipinski definition) is 3. The Bertz CT molecular complexity index is 1210. The molecule has 2 aromatic carbocycles. The first-order valence-corrected chi connectivity index (χ1v) is 11.6. The lowest BCUT2D eigenvalue weighted by Crippen LogP contribution is -2.14. The summed E-state index contributed by atoms with van der Waals surface area (Å²) in [5, 5.41) is 11.4. The number of sulfonamides is 1. The number of anilines is 2. The number of nitrogens with two attached hydrogens (primary N) is 1. The number of aryl methyl sites for hydroxylation is 1. The lowest BCUT2D eigenvalue weighted by molar-refractivity contribution is 0.102. The smallest absolute Gasteiger partial charge is 0.266 e. The third-order valence-electron chi connectivity index (χ3n) is 4.06. The number of hydrogen-bond acceptors (Lipinski definition) is 5. The number of benzene rings is 2. The molecule has 0 saturated heterocycles. The van der Waals surface area contributed by atoms with Crippen molar-refractivity contribution in [3.63, 3.8) is 0 Å². The molecule has 0 bridgehead atoms. The fourth-order valence-corrected chi connectivity index (χ4v) is 4.54. The highest BCUT2D eigenvalue weighted by molar-refractivity contribution is 7.88. The molecule has 1 aromatic heterocycles. The topological polar surface area (TPSA) is 118 Å². The molecule has 3 rings (SSSR count). The van der Waals surface area contributed by atoms with Gasteiger partial charge in [0.05, 0.1) is 26.2 Å². The highest BCUT2D eigenvalue weighted by Gasteiger charge is 2.17. The molecule has 0 aliphatic carbocycles. The Morgan fingerprint density at radius 1 is 1.03 bits per heavy atom. The fourth-order valence-electron chi connectivity index (χ4n) is 2.70. The quantitative estimate of drug-likeness (QED) is 0.511. The highest BCUT2D eigenvalue weighted by atomic mass is 35.5. The van der Waals surface area contributed by atoms with Crippen LogP contribution in [0.5, 0.6) is 0 Å². The van der Waals surface area contributed by atoms with Crippen LogP contribution in [0.4, 0.5) is 10.7 Å². The Balaban J connectivity index is 1.69. The maximum atomic E-state index is 12.6. The van der Waals surface area contributed by atoms with Crippen LogP contribution in [0.15, 0.2) is 54.6 Å². The zero-order chi connectivity index (χ0) is 21.9. The Labute approximate surface area is 182 Å². The van der Waals surface area contributed by atoms with E-state index < -0.39 is 10.0 Å². The molecule has 0 saturated carbocycles. The minimum absolute atomic E-state index is 0.278. The van der Waals surface area contributed by atoms with Gasteiger partial charge in [-0.2, -0.15) is 0 Å². The van der Waals surface area contributed by atoms with Gasteiger partial charge in [-0.3, -0.25) is 9.59 Å². The van der Waals surface area contributed by atoms with Crippen molar-refractivity contribution in [1.29, 1.82) is 0 Å². The van der Waals surface area contributed by atoms with Crippen LogP contribution in [-0.4, -0.2) is 20.2 Å². The molecule has 30 heavy (non-hydrogen) atoms. The Morgan fingerprint density at radius 3 is 2.33 bits per heavy atom. The lowest BCUT2D eigenvalue weighted by Gasteiger charge is -2.06. The number of halogens is 1. The van der Waals surface area contributed by atoms with Gasteiger partial charge in [0.15, 0.2) is 0 Å². The molecule has 0 spiro atoms. The molecule has 0 unspecified atom stereocenters. The third kappa shape index (κ3) is 5.67. The lowest BCUT2D eigenvalue weighted by atomic mass is 10.2. The molecule has 3 aromatic rings. The van der Waals surface area contributed by atoms with Crippen LogP contribution in [0.3, 0.4) is 0 Å². The number of rotatable bonds is 6. The van der Waals surface area contributed by atoms with Gasteiger partial charge in [0.1, 0.15) is 0 Å².